The van der Waals surface area contributed by atoms with Crippen molar-refractivity contribution in [2.75, 3.05) is 0 Å². The fraction of sp³-hybridized carbons (Fsp3) is 0.938. The number of carbonyl (C=O) groups is 1. The van der Waals surface area contributed by atoms with Crippen LogP contribution in [0.3, 0.4) is 0 Å². The first-order valence-corrected chi connectivity index (χ1v) is 8.20. The molecule has 0 aliphatic heterocycles. The minimum absolute atomic E-state index is 0.263. The van der Waals surface area contributed by atoms with Crippen LogP contribution in [0, 0.1) is 11.8 Å². The number of hydrogen-bond donors (Lipinski definition) is 2. The van der Waals surface area contributed by atoms with Gasteiger partial charge in [0.25, 0.3) is 0 Å². The Morgan fingerprint density at radius 2 is 1.74 bits per heavy atom. The van der Waals surface area contributed by atoms with E-state index in [1.807, 2.05) is 0 Å². The minimum atomic E-state index is 0.263. The molecule has 1 amide bonds. The molecule has 0 aromatic rings. The molecular formula is C16H30N2O. The van der Waals surface area contributed by atoms with Crippen LogP contribution in [-0.2, 0) is 4.79 Å². The Kier molecular flexibility index (Phi) is 5.68. The van der Waals surface area contributed by atoms with Crippen LogP contribution in [-0.4, -0.2) is 18.0 Å². The fourth-order valence-electron chi connectivity index (χ4n) is 3.71. The van der Waals surface area contributed by atoms with E-state index in [1.54, 1.807) is 0 Å². The van der Waals surface area contributed by atoms with Gasteiger partial charge < -0.3 is 11.1 Å². The standard InChI is InChI=1S/C16H30N2O/c1-12(13-5-3-2-4-6-13)11-16(19)18-15-9-7-14(17)8-10-15/h12-15H,2-11,17H2,1H3,(H,18,19). The summed E-state index contributed by atoms with van der Waals surface area (Å²) in [7, 11) is 0. The third kappa shape index (κ3) is 4.79. The molecule has 0 aromatic heterocycles. The molecule has 0 spiro atoms. The molecule has 0 bridgehead atoms. The maximum absolute atomic E-state index is 12.1. The maximum atomic E-state index is 12.1. The summed E-state index contributed by atoms with van der Waals surface area (Å²) >= 11 is 0. The van der Waals surface area contributed by atoms with E-state index >= 15 is 0 Å². The molecule has 0 heterocycles. The van der Waals surface area contributed by atoms with Crippen LogP contribution in [0.4, 0.5) is 0 Å². The number of nitrogens with one attached hydrogen (secondary N) is 1. The molecule has 2 aliphatic rings. The summed E-state index contributed by atoms with van der Waals surface area (Å²) in [6.07, 6.45) is 11.7. The van der Waals surface area contributed by atoms with Crippen molar-refractivity contribution < 1.29 is 4.79 Å². The van der Waals surface area contributed by atoms with Crippen molar-refractivity contribution in [3.05, 3.63) is 0 Å². The maximum Gasteiger partial charge on any atom is 0.220 e. The lowest BCUT2D eigenvalue weighted by Gasteiger charge is -2.29. The third-order valence-electron chi connectivity index (χ3n) is 5.10. The Balaban J connectivity index is 1.68. The van der Waals surface area contributed by atoms with Gasteiger partial charge in [0.05, 0.1) is 0 Å². The number of amides is 1. The Morgan fingerprint density at radius 3 is 2.37 bits per heavy atom. The molecule has 0 radical (unpaired) electrons. The second-order valence-electron chi connectivity index (χ2n) is 6.76. The van der Waals surface area contributed by atoms with Crippen LogP contribution in [0.15, 0.2) is 0 Å². The summed E-state index contributed by atoms with van der Waals surface area (Å²) in [6, 6.07) is 0.736. The van der Waals surface area contributed by atoms with Crippen molar-refractivity contribution in [2.24, 2.45) is 17.6 Å². The van der Waals surface area contributed by atoms with Gasteiger partial charge in [0.1, 0.15) is 0 Å². The normalized spacial score (nSPS) is 30.8. The van der Waals surface area contributed by atoms with Gasteiger partial charge in [-0.3, -0.25) is 4.79 Å². The van der Waals surface area contributed by atoms with E-state index in [0.717, 1.165) is 31.6 Å². The van der Waals surface area contributed by atoms with Crippen molar-refractivity contribution in [3.8, 4) is 0 Å². The first kappa shape index (κ1) is 14.8. The predicted octanol–water partition coefficient (Wildman–Crippen LogP) is 2.98. The summed E-state index contributed by atoms with van der Waals surface area (Å²) in [5, 5.41) is 3.21. The van der Waals surface area contributed by atoms with Crippen LogP contribution < -0.4 is 11.1 Å². The average molecular weight is 266 g/mol. The summed E-state index contributed by atoms with van der Waals surface area (Å²) in [5.74, 6) is 1.59. The summed E-state index contributed by atoms with van der Waals surface area (Å²) in [5.41, 5.74) is 5.89. The molecule has 110 valence electrons. The zero-order chi connectivity index (χ0) is 13.7. The van der Waals surface area contributed by atoms with E-state index in [0.29, 0.717) is 24.4 Å². The van der Waals surface area contributed by atoms with Crippen LogP contribution in [0.25, 0.3) is 0 Å². The number of hydrogen-bond acceptors (Lipinski definition) is 2. The molecule has 1 atom stereocenters. The zero-order valence-electron chi connectivity index (χ0n) is 12.4. The van der Waals surface area contributed by atoms with Crippen molar-refractivity contribution in [3.63, 3.8) is 0 Å². The Labute approximate surface area is 117 Å². The first-order valence-electron chi connectivity index (χ1n) is 8.20. The smallest absolute Gasteiger partial charge is 0.220 e. The van der Waals surface area contributed by atoms with Crippen molar-refractivity contribution in [1.82, 2.24) is 5.32 Å². The fourth-order valence-corrected chi connectivity index (χ4v) is 3.71. The van der Waals surface area contributed by atoms with E-state index in [1.165, 1.54) is 32.1 Å². The zero-order valence-corrected chi connectivity index (χ0v) is 12.4. The van der Waals surface area contributed by atoms with Gasteiger partial charge in [-0.05, 0) is 37.5 Å². The van der Waals surface area contributed by atoms with Crippen LogP contribution in [0.1, 0.15) is 71.1 Å². The lowest BCUT2D eigenvalue weighted by molar-refractivity contribution is -0.123. The lowest BCUT2D eigenvalue weighted by atomic mass is 9.79. The van der Waals surface area contributed by atoms with Crippen LogP contribution in [0.5, 0.6) is 0 Å². The van der Waals surface area contributed by atoms with Gasteiger partial charge >= 0.3 is 0 Å². The summed E-state index contributed by atoms with van der Waals surface area (Å²) < 4.78 is 0. The molecule has 2 fully saturated rings. The van der Waals surface area contributed by atoms with Crippen molar-refractivity contribution in [2.45, 2.75) is 83.2 Å². The predicted molar refractivity (Wildman–Crippen MR) is 78.7 cm³/mol. The second kappa shape index (κ2) is 7.28. The van der Waals surface area contributed by atoms with Crippen molar-refractivity contribution >= 4 is 5.91 Å². The summed E-state index contributed by atoms with van der Waals surface area (Å²) in [4.78, 5) is 12.1. The molecular weight excluding hydrogens is 236 g/mol. The van der Waals surface area contributed by atoms with E-state index in [-0.39, 0.29) is 5.91 Å². The van der Waals surface area contributed by atoms with Crippen LogP contribution >= 0.6 is 0 Å². The average Bonchev–Trinajstić information content (AvgIpc) is 2.42. The summed E-state index contributed by atoms with van der Waals surface area (Å²) in [6.45, 7) is 2.26. The van der Waals surface area contributed by atoms with Gasteiger partial charge in [0.2, 0.25) is 5.91 Å². The first-order chi connectivity index (χ1) is 9.15. The van der Waals surface area contributed by atoms with Crippen LogP contribution in [0.2, 0.25) is 0 Å². The SMILES string of the molecule is CC(CC(=O)NC1CCC(N)CC1)C1CCCCC1. The number of rotatable bonds is 4. The molecule has 3 heteroatoms. The molecule has 0 aromatic carbocycles. The highest BCUT2D eigenvalue weighted by Gasteiger charge is 2.24. The van der Waals surface area contributed by atoms with E-state index in [9.17, 15) is 4.79 Å². The third-order valence-corrected chi connectivity index (χ3v) is 5.10. The Hall–Kier alpha value is -0.570. The Bertz CT molecular complexity index is 278. The topological polar surface area (TPSA) is 55.1 Å². The molecule has 19 heavy (non-hydrogen) atoms. The van der Waals surface area contributed by atoms with E-state index in [4.69, 9.17) is 5.73 Å². The molecule has 2 saturated carbocycles. The lowest BCUT2D eigenvalue weighted by Crippen LogP contribution is -2.41. The van der Waals surface area contributed by atoms with E-state index in [2.05, 4.69) is 12.2 Å². The van der Waals surface area contributed by atoms with Gasteiger partial charge in [0, 0.05) is 18.5 Å². The van der Waals surface area contributed by atoms with E-state index < -0.39 is 0 Å². The minimum Gasteiger partial charge on any atom is -0.353 e. The molecule has 0 saturated heterocycles. The number of carbonyl (C=O) groups excluding carboxylic acids is 1. The Morgan fingerprint density at radius 1 is 1.11 bits per heavy atom. The highest BCUT2D eigenvalue weighted by molar-refractivity contribution is 5.76. The van der Waals surface area contributed by atoms with Crippen molar-refractivity contribution in [1.29, 1.82) is 0 Å². The van der Waals surface area contributed by atoms with Gasteiger partial charge in [-0.25, -0.2) is 0 Å². The van der Waals surface area contributed by atoms with Gasteiger partial charge in [-0.1, -0.05) is 39.0 Å². The molecule has 3 nitrogen and oxygen atoms in total. The largest absolute Gasteiger partial charge is 0.353 e. The molecule has 3 N–H and O–H groups in total. The monoisotopic (exact) mass is 266 g/mol. The highest BCUT2D eigenvalue weighted by Crippen LogP contribution is 2.31. The second-order valence-corrected chi connectivity index (χ2v) is 6.76. The molecule has 1 unspecified atom stereocenters. The van der Waals surface area contributed by atoms with Gasteiger partial charge in [-0.2, -0.15) is 0 Å². The highest BCUT2D eigenvalue weighted by atomic mass is 16.1. The van der Waals surface area contributed by atoms with Gasteiger partial charge in [-0.15, -0.1) is 0 Å². The molecule has 2 rings (SSSR count). The number of nitrogens with two attached hydrogens (primary N) is 1. The van der Waals surface area contributed by atoms with Gasteiger partial charge in [0.15, 0.2) is 0 Å². The quantitative estimate of drug-likeness (QED) is 0.822. The molecule has 2 aliphatic carbocycles.